The van der Waals surface area contributed by atoms with Crippen LogP contribution in [0.5, 0.6) is 0 Å². The van der Waals surface area contributed by atoms with Crippen molar-refractivity contribution in [3.05, 3.63) is 17.7 Å². The maximum absolute atomic E-state index is 12.4. The van der Waals surface area contributed by atoms with Gasteiger partial charge in [0.05, 0.1) is 18.4 Å². The molecule has 0 atom stereocenters. The number of H-pyrrole nitrogens is 1. The molecule has 1 aliphatic rings. The molecule has 0 spiro atoms. The van der Waals surface area contributed by atoms with Crippen LogP contribution in [0.15, 0.2) is 6.33 Å². The van der Waals surface area contributed by atoms with E-state index >= 15 is 0 Å². The van der Waals surface area contributed by atoms with Crippen molar-refractivity contribution < 1.29 is 9.59 Å². The van der Waals surface area contributed by atoms with E-state index in [2.05, 4.69) is 29.1 Å². The van der Waals surface area contributed by atoms with E-state index in [0.29, 0.717) is 12.8 Å². The minimum absolute atomic E-state index is 0.00940. The Kier molecular flexibility index (Phi) is 8.13. The summed E-state index contributed by atoms with van der Waals surface area (Å²) < 4.78 is 0. The third-order valence-corrected chi connectivity index (χ3v) is 5.63. The average Bonchev–Trinajstić information content (AvgIpc) is 3.03. The van der Waals surface area contributed by atoms with Gasteiger partial charge in [-0.05, 0) is 38.5 Å². The number of carbonyl (C=O) groups excluding carboxylic acids is 2. The Bertz CT molecular complexity index is 572. The van der Waals surface area contributed by atoms with Crippen molar-refractivity contribution >= 4 is 11.8 Å². The van der Waals surface area contributed by atoms with Crippen molar-refractivity contribution in [2.75, 3.05) is 13.1 Å². The van der Waals surface area contributed by atoms with Crippen molar-refractivity contribution in [3.8, 4) is 0 Å². The highest BCUT2D eigenvalue weighted by atomic mass is 16.2. The second kappa shape index (κ2) is 10.3. The molecule has 0 unspecified atom stereocenters. The Morgan fingerprint density at radius 2 is 2.00 bits per heavy atom. The number of piperidine rings is 1. The smallest absolute Gasteiger partial charge is 0.226 e. The van der Waals surface area contributed by atoms with Gasteiger partial charge in [0, 0.05) is 31.2 Å². The number of hydrogen-bond donors (Lipinski definition) is 2. The predicted octanol–water partition coefficient (Wildman–Crippen LogP) is 2.97. The van der Waals surface area contributed by atoms with Gasteiger partial charge in [0.1, 0.15) is 0 Å². The Morgan fingerprint density at radius 3 is 2.58 bits per heavy atom. The number of hydrogen-bond acceptors (Lipinski definition) is 3. The quantitative estimate of drug-likeness (QED) is 0.709. The lowest BCUT2D eigenvalue weighted by molar-refractivity contribution is -0.132. The molecule has 0 aromatic carbocycles. The molecule has 0 saturated carbocycles. The number of nitrogens with zero attached hydrogens (tertiary/aromatic N) is 2. The van der Waals surface area contributed by atoms with Crippen LogP contribution in [0.25, 0.3) is 0 Å². The number of imidazole rings is 1. The van der Waals surface area contributed by atoms with E-state index in [0.717, 1.165) is 56.1 Å². The average molecular weight is 363 g/mol. The van der Waals surface area contributed by atoms with E-state index in [9.17, 15) is 9.59 Å². The van der Waals surface area contributed by atoms with Gasteiger partial charge in [-0.2, -0.15) is 0 Å². The number of carbonyl (C=O) groups is 2. The van der Waals surface area contributed by atoms with Gasteiger partial charge in [0.25, 0.3) is 0 Å². The van der Waals surface area contributed by atoms with Crippen LogP contribution in [0.3, 0.4) is 0 Å². The molecule has 2 heterocycles. The highest BCUT2D eigenvalue weighted by Gasteiger charge is 2.24. The maximum atomic E-state index is 12.4. The molecule has 2 rings (SSSR count). The first kappa shape index (κ1) is 20.5. The lowest BCUT2D eigenvalue weighted by Gasteiger charge is -2.32. The van der Waals surface area contributed by atoms with Crippen LogP contribution in [-0.2, 0) is 16.0 Å². The van der Waals surface area contributed by atoms with E-state index in [4.69, 9.17) is 0 Å². The molecule has 0 radical (unpaired) electrons. The molecule has 1 aliphatic heterocycles. The normalized spacial score (nSPS) is 15.5. The summed E-state index contributed by atoms with van der Waals surface area (Å²) in [5.41, 5.74) is 1.74. The fourth-order valence-corrected chi connectivity index (χ4v) is 3.67. The molecule has 1 aromatic rings. The predicted molar refractivity (Wildman–Crippen MR) is 103 cm³/mol. The largest absolute Gasteiger partial charge is 0.353 e. The Morgan fingerprint density at radius 1 is 1.31 bits per heavy atom. The SMILES string of the molecule is CCC(CC)CCCC(=O)N1CCC(NC(=O)Cc2nc[nH]c2C)CC1. The number of aryl methyl sites for hydroxylation is 1. The summed E-state index contributed by atoms with van der Waals surface area (Å²) in [6, 6.07) is 0.162. The molecule has 2 N–H and O–H groups in total. The second-order valence-electron chi connectivity index (χ2n) is 7.45. The molecule has 26 heavy (non-hydrogen) atoms. The number of rotatable bonds is 9. The maximum Gasteiger partial charge on any atom is 0.226 e. The van der Waals surface area contributed by atoms with Gasteiger partial charge in [-0.25, -0.2) is 4.98 Å². The molecule has 146 valence electrons. The first-order valence-electron chi connectivity index (χ1n) is 10.1. The summed E-state index contributed by atoms with van der Waals surface area (Å²) in [5, 5.41) is 3.09. The lowest BCUT2D eigenvalue weighted by atomic mass is 9.96. The highest BCUT2D eigenvalue weighted by Crippen LogP contribution is 2.18. The monoisotopic (exact) mass is 362 g/mol. The molecular weight excluding hydrogens is 328 g/mol. The van der Waals surface area contributed by atoms with Crippen molar-refractivity contribution in [2.24, 2.45) is 5.92 Å². The summed E-state index contributed by atoms with van der Waals surface area (Å²) in [7, 11) is 0. The van der Waals surface area contributed by atoms with E-state index in [1.807, 2.05) is 11.8 Å². The van der Waals surface area contributed by atoms with Crippen LogP contribution in [0.4, 0.5) is 0 Å². The van der Waals surface area contributed by atoms with Crippen molar-refractivity contribution in [1.29, 1.82) is 0 Å². The van der Waals surface area contributed by atoms with E-state index in [1.54, 1.807) is 6.33 Å². The minimum Gasteiger partial charge on any atom is -0.353 e. The molecule has 1 fully saturated rings. The molecule has 1 aromatic heterocycles. The van der Waals surface area contributed by atoms with Crippen LogP contribution in [0, 0.1) is 12.8 Å². The van der Waals surface area contributed by atoms with Crippen molar-refractivity contribution in [2.45, 2.75) is 78.2 Å². The van der Waals surface area contributed by atoms with Gasteiger partial charge in [0.2, 0.25) is 11.8 Å². The Hall–Kier alpha value is -1.85. The second-order valence-corrected chi connectivity index (χ2v) is 7.45. The summed E-state index contributed by atoms with van der Waals surface area (Å²) in [5.74, 6) is 1.03. The zero-order chi connectivity index (χ0) is 18.9. The summed E-state index contributed by atoms with van der Waals surface area (Å²) >= 11 is 0. The van der Waals surface area contributed by atoms with Crippen LogP contribution in [0.1, 0.15) is 70.2 Å². The highest BCUT2D eigenvalue weighted by molar-refractivity contribution is 5.79. The van der Waals surface area contributed by atoms with Crippen LogP contribution < -0.4 is 5.32 Å². The standard InChI is InChI=1S/C20H34N4O2/c1-4-16(5-2)7-6-8-20(26)24-11-9-17(10-12-24)23-19(25)13-18-15(3)21-14-22-18/h14,16-17H,4-13H2,1-3H3,(H,21,22)(H,23,25). The third kappa shape index (κ3) is 6.15. The van der Waals surface area contributed by atoms with Gasteiger partial charge >= 0.3 is 0 Å². The topological polar surface area (TPSA) is 78.1 Å². The number of aromatic nitrogens is 2. The van der Waals surface area contributed by atoms with Crippen molar-refractivity contribution in [1.82, 2.24) is 20.2 Å². The Balaban J connectivity index is 1.65. The minimum atomic E-state index is 0.00940. The fraction of sp³-hybridized carbons (Fsp3) is 0.750. The Labute approximate surface area is 157 Å². The molecule has 6 nitrogen and oxygen atoms in total. The zero-order valence-electron chi connectivity index (χ0n) is 16.5. The number of aromatic amines is 1. The van der Waals surface area contributed by atoms with Crippen LogP contribution in [-0.4, -0.2) is 45.8 Å². The number of amides is 2. The van der Waals surface area contributed by atoms with Gasteiger partial charge in [-0.3, -0.25) is 9.59 Å². The zero-order valence-corrected chi connectivity index (χ0v) is 16.5. The first-order chi connectivity index (χ1) is 12.5. The van der Waals surface area contributed by atoms with Crippen LogP contribution >= 0.6 is 0 Å². The van der Waals surface area contributed by atoms with Gasteiger partial charge < -0.3 is 15.2 Å². The number of nitrogens with one attached hydrogen (secondary N) is 2. The molecule has 0 aliphatic carbocycles. The van der Waals surface area contributed by atoms with Crippen molar-refractivity contribution in [3.63, 3.8) is 0 Å². The van der Waals surface area contributed by atoms with Gasteiger partial charge in [0.15, 0.2) is 0 Å². The fourth-order valence-electron chi connectivity index (χ4n) is 3.67. The first-order valence-corrected chi connectivity index (χ1v) is 10.1. The molecule has 6 heteroatoms. The molecule has 2 amide bonds. The molecular formula is C20H34N4O2. The van der Waals surface area contributed by atoms with Crippen LogP contribution in [0.2, 0.25) is 0 Å². The lowest BCUT2D eigenvalue weighted by Crippen LogP contribution is -2.46. The van der Waals surface area contributed by atoms with E-state index < -0.39 is 0 Å². The summed E-state index contributed by atoms with van der Waals surface area (Å²) in [6.07, 6.45) is 8.80. The third-order valence-electron chi connectivity index (χ3n) is 5.63. The summed E-state index contributed by atoms with van der Waals surface area (Å²) in [4.78, 5) is 33.6. The molecule has 1 saturated heterocycles. The molecule has 0 bridgehead atoms. The number of likely N-dealkylation sites (tertiary alicyclic amines) is 1. The summed E-state index contributed by atoms with van der Waals surface area (Å²) in [6.45, 7) is 7.86. The van der Waals surface area contributed by atoms with Gasteiger partial charge in [-0.1, -0.05) is 26.7 Å². The van der Waals surface area contributed by atoms with E-state index in [-0.39, 0.29) is 17.9 Å². The van der Waals surface area contributed by atoms with E-state index in [1.165, 1.54) is 12.8 Å². The van der Waals surface area contributed by atoms with Gasteiger partial charge in [-0.15, -0.1) is 0 Å².